The average molecular weight is 606 g/mol. The zero-order chi connectivity index (χ0) is 33.7. The maximum absolute atomic E-state index is 17.0. The van der Waals surface area contributed by atoms with Gasteiger partial charge in [-0.2, -0.15) is 9.97 Å². The van der Waals surface area contributed by atoms with Gasteiger partial charge in [-0.25, -0.2) is 18.2 Å². The average Bonchev–Trinajstić information content (AvgIpc) is 3.48. The van der Waals surface area contributed by atoms with Gasteiger partial charge < -0.3 is 19.5 Å². The van der Waals surface area contributed by atoms with Crippen LogP contribution in [0.15, 0.2) is 24.3 Å². The summed E-state index contributed by atoms with van der Waals surface area (Å²) in [6.45, 7) is -4.21. The molecule has 11 heteroatoms. The molecule has 8 nitrogen and oxygen atoms in total. The molecule has 3 saturated heterocycles. The summed E-state index contributed by atoms with van der Waals surface area (Å²) in [7, 11) is 0. The van der Waals surface area contributed by atoms with Crippen LogP contribution in [0.25, 0.3) is 32.9 Å². The lowest BCUT2D eigenvalue weighted by Gasteiger charge is -2.35. The summed E-state index contributed by atoms with van der Waals surface area (Å²) in [6.07, 6.45) is 6.32. The van der Waals surface area contributed by atoms with E-state index in [1.807, 2.05) is 4.90 Å². The number of rotatable bonds is 4. The van der Waals surface area contributed by atoms with E-state index in [1.54, 1.807) is 0 Å². The molecule has 0 unspecified atom stereocenters. The number of benzene rings is 2. The number of alkyl halides is 1. The summed E-state index contributed by atoms with van der Waals surface area (Å²) >= 11 is 0. The monoisotopic (exact) mass is 605 g/mol. The van der Waals surface area contributed by atoms with Crippen LogP contribution in [0.2, 0.25) is 0 Å². The third-order valence-electron chi connectivity index (χ3n) is 9.11. The molecule has 1 N–H and O–H groups in total. The number of pyridine rings is 1. The Morgan fingerprint density at radius 1 is 1.20 bits per heavy atom. The van der Waals surface area contributed by atoms with E-state index in [4.69, 9.17) is 21.4 Å². The van der Waals surface area contributed by atoms with E-state index in [2.05, 4.69) is 20.9 Å². The fourth-order valence-electron chi connectivity index (χ4n) is 7.07. The van der Waals surface area contributed by atoms with Crippen LogP contribution in [0.4, 0.5) is 19.0 Å². The number of hydrogen-bond donors (Lipinski definition) is 1. The molecule has 0 aliphatic carbocycles. The Morgan fingerprint density at radius 3 is 2.95 bits per heavy atom. The Hall–Kier alpha value is -4.30. The summed E-state index contributed by atoms with van der Waals surface area (Å²) < 4.78 is 93.6. The van der Waals surface area contributed by atoms with Crippen molar-refractivity contribution < 1.29 is 33.2 Å². The van der Waals surface area contributed by atoms with Crippen LogP contribution in [0.5, 0.6) is 17.6 Å². The van der Waals surface area contributed by atoms with E-state index in [0.29, 0.717) is 11.9 Å². The van der Waals surface area contributed by atoms with Crippen LogP contribution in [-0.2, 0) is 0 Å². The first-order valence-electron chi connectivity index (χ1n) is 16.7. The summed E-state index contributed by atoms with van der Waals surface area (Å²) in [4.78, 5) is 16.6. The molecule has 0 saturated carbocycles. The Balaban J connectivity index is 1.35. The minimum absolute atomic E-state index is 0.0128. The predicted octanol–water partition coefficient (Wildman–Crippen LogP) is 5.52. The number of terminal acetylenes is 1. The minimum Gasteiger partial charge on any atom is -0.508 e. The standard InChI is InChI=1S/C33H30F3N5O3/c1-2-22-24(35)8-7-18-12-21(42)13-23(25(18)22)28-27(36)29-26-30(41-11-4-3-6-20(41)16-43-31(26)37-28)39-32(38-29)44-17-33-9-5-10-40(33)15-19(34)14-33/h1,7-8,12-13,19-20,42H,3-6,9-11,14-17H2/t19-,20+,33+/m1/s1/i10D2,17D2. The molecule has 4 aliphatic rings. The first-order chi connectivity index (χ1) is 22.8. The summed E-state index contributed by atoms with van der Waals surface area (Å²) in [5, 5.41) is 11.2. The number of nitrogens with zero attached hydrogens (tertiary/aromatic N) is 5. The third-order valence-corrected chi connectivity index (χ3v) is 9.11. The molecule has 3 fully saturated rings. The quantitative estimate of drug-likeness (QED) is 0.305. The number of phenolic OH excluding ortho intramolecular Hbond substituents is 1. The van der Waals surface area contributed by atoms with Gasteiger partial charge in [-0.15, -0.1) is 6.42 Å². The van der Waals surface area contributed by atoms with Crippen molar-refractivity contribution >= 4 is 27.5 Å². The zero-order valence-corrected chi connectivity index (χ0v) is 23.5. The highest BCUT2D eigenvalue weighted by molar-refractivity contribution is 6.04. The SMILES string of the molecule is [2H]C1([2H])CC[C@@]2(C([2H])([2H])Oc3nc4c5c(nc(-c6cc(O)cc7ccc(F)c(C#C)c67)c(F)c5n3)OC[C@@H]3CCCCN43)C[C@@H](F)CN12. The number of anilines is 1. The highest BCUT2D eigenvalue weighted by Gasteiger charge is 2.49. The number of ether oxygens (including phenoxy) is 2. The van der Waals surface area contributed by atoms with Crippen molar-refractivity contribution in [2.24, 2.45) is 0 Å². The zero-order valence-electron chi connectivity index (χ0n) is 27.5. The Morgan fingerprint density at radius 2 is 2.09 bits per heavy atom. The van der Waals surface area contributed by atoms with Gasteiger partial charge in [-0.1, -0.05) is 12.0 Å². The predicted molar refractivity (Wildman–Crippen MR) is 159 cm³/mol. The van der Waals surface area contributed by atoms with Gasteiger partial charge in [-0.3, -0.25) is 4.90 Å². The van der Waals surface area contributed by atoms with Crippen LogP contribution in [0, 0.1) is 24.0 Å². The fourth-order valence-corrected chi connectivity index (χ4v) is 7.07. The second-order valence-electron chi connectivity index (χ2n) is 11.8. The molecule has 2 aromatic heterocycles. The number of aromatic hydroxyl groups is 1. The van der Waals surface area contributed by atoms with Crippen molar-refractivity contribution in [1.82, 2.24) is 19.9 Å². The lowest BCUT2D eigenvalue weighted by atomic mass is 9.95. The van der Waals surface area contributed by atoms with Crippen molar-refractivity contribution in [3.05, 3.63) is 41.5 Å². The normalized spacial score (nSPS) is 27.4. The van der Waals surface area contributed by atoms with Crippen LogP contribution >= 0.6 is 0 Å². The van der Waals surface area contributed by atoms with E-state index in [9.17, 15) is 13.9 Å². The fraction of sp³-hybridized carbons (Fsp3) is 0.424. The molecule has 44 heavy (non-hydrogen) atoms. The van der Waals surface area contributed by atoms with Crippen molar-refractivity contribution in [2.75, 3.05) is 37.7 Å². The van der Waals surface area contributed by atoms with Gasteiger partial charge in [-0.05, 0) is 62.2 Å². The molecule has 3 atom stereocenters. The maximum Gasteiger partial charge on any atom is 0.319 e. The number of aromatic nitrogens is 3. The number of piperidine rings is 1. The Labute approximate surface area is 257 Å². The molecule has 0 amide bonds. The highest BCUT2D eigenvalue weighted by atomic mass is 19.1. The number of hydrogen-bond acceptors (Lipinski definition) is 8. The van der Waals surface area contributed by atoms with Gasteiger partial charge in [0.05, 0.1) is 19.9 Å². The lowest BCUT2D eigenvalue weighted by Crippen LogP contribution is -2.44. The lowest BCUT2D eigenvalue weighted by molar-refractivity contribution is 0.107. The van der Waals surface area contributed by atoms with Gasteiger partial charge in [0.1, 0.15) is 53.3 Å². The smallest absolute Gasteiger partial charge is 0.319 e. The molecular formula is C33H30F3N5O3. The number of phenols is 1. The minimum atomic E-state index is -2.68. The van der Waals surface area contributed by atoms with E-state index < -0.39 is 42.4 Å². The Bertz CT molecular complexity index is 2060. The molecule has 2 aromatic carbocycles. The molecule has 4 aromatic rings. The van der Waals surface area contributed by atoms with Crippen LogP contribution < -0.4 is 14.4 Å². The molecular weight excluding hydrogens is 571 g/mol. The number of fused-ring (bicyclic) bond motifs is 4. The van der Waals surface area contributed by atoms with Crippen molar-refractivity contribution in [2.45, 2.75) is 56.3 Å². The molecule has 8 rings (SSSR count). The topological polar surface area (TPSA) is 83.8 Å². The second kappa shape index (κ2) is 10.1. The molecule has 4 aliphatic heterocycles. The third kappa shape index (κ3) is 4.14. The largest absolute Gasteiger partial charge is 0.508 e. The van der Waals surface area contributed by atoms with Crippen LogP contribution in [0.1, 0.15) is 49.6 Å². The van der Waals surface area contributed by atoms with E-state index in [1.165, 1.54) is 23.1 Å². The molecule has 0 radical (unpaired) electrons. The van der Waals surface area contributed by atoms with Crippen LogP contribution in [0.3, 0.4) is 0 Å². The highest BCUT2D eigenvalue weighted by Crippen LogP contribution is 2.45. The van der Waals surface area contributed by atoms with Crippen molar-refractivity contribution in [1.29, 1.82) is 0 Å². The van der Waals surface area contributed by atoms with Gasteiger partial charge >= 0.3 is 6.01 Å². The molecule has 0 spiro atoms. The first-order valence-corrected chi connectivity index (χ1v) is 14.7. The molecule has 226 valence electrons. The van der Waals surface area contributed by atoms with Crippen molar-refractivity contribution in [3.8, 4) is 41.2 Å². The van der Waals surface area contributed by atoms with Gasteiger partial charge in [0.15, 0.2) is 5.82 Å². The van der Waals surface area contributed by atoms with Gasteiger partial charge in [0.2, 0.25) is 5.88 Å². The van der Waals surface area contributed by atoms with E-state index in [0.717, 1.165) is 25.3 Å². The maximum atomic E-state index is 17.0. The Kier molecular flexibility index (Phi) is 5.32. The number of halogens is 3. The van der Waals surface area contributed by atoms with Gasteiger partial charge in [0, 0.05) is 33.2 Å². The van der Waals surface area contributed by atoms with E-state index >= 15 is 4.39 Å². The van der Waals surface area contributed by atoms with Crippen molar-refractivity contribution in [3.63, 3.8) is 0 Å². The summed E-state index contributed by atoms with van der Waals surface area (Å²) in [5.74, 6) is 0.557. The summed E-state index contributed by atoms with van der Waals surface area (Å²) in [6, 6.07) is 4.45. The van der Waals surface area contributed by atoms with Crippen LogP contribution in [-0.4, -0.2) is 75.5 Å². The second-order valence-corrected chi connectivity index (χ2v) is 11.8. The molecule has 0 bridgehead atoms. The first kappa shape index (κ1) is 23.1. The molecule has 6 heterocycles. The van der Waals surface area contributed by atoms with E-state index in [-0.39, 0.29) is 89.0 Å². The summed E-state index contributed by atoms with van der Waals surface area (Å²) in [5.41, 5.74) is -2.49. The van der Waals surface area contributed by atoms with Gasteiger partial charge in [0.25, 0.3) is 0 Å².